The molecule has 2 unspecified atom stereocenters. The summed E-state index contributed by atoms with van der Waals surface area (Å²) in [5, 5.41) is 17.6. The Morgan fingerprint density at radius 1 is 1.35 bits per heavy atom. The van der Waals surface area contributed by atoms with Crippen molar-refractivity contribution in [3.63, 3.8) is 0 Å². The van der Waals surface area contributed by atoms with E-state index in [9.17, 15) is 5.26 Å². The molecule has 0 saturated carbocycles. The van der Waals surface area contributed by atoms with Gasteiger partial charge < -0.3 is 10.6 Å². The Morgan fingerprint density at radius 3 is 2.90 bits per heavy atom. The summed E-state index contributed by atoms with van der Waals surface area (Å²) in [4.78, 5) is 6.19. The van der Waals surface area contributed by atoms with Crippen molar-refractivity contribution in [1.29, 1.82) is 5.26 Å². The summed E-state index contributed by atoms with van der Waals surface area (Å²) in [6.07, 6.45) is 3.79. The molecule has 1 saturated heterocycles. The fraction of sp³-hybridized carbons (Fsp3) is 0.538. The fourth-order valence-corrected chi connectivity index (χ4v) is 2.74. The quantitative estimate of drug-likeness (QED) is 0.837. The second-order valence-corrected chi connectivity index (χ2v) is 5.48. The fourth-order valence-electron chi connectivity index (χ4n) is 2.74. The molecule has 0 radical (unpaired) electrons. The van der Waals surface area contributed by atoms with E-state index >= 15 is 0 Å². The molecule has 1 aliphatic rings. The molecule has 2 atom stereocenters. The van der Waals surface area contributed by atoms with Gasteiger partial charge in [-0.2, -0.15) is 5.26 Å². The number of aromatic nitrogens is 4. The Balaban J connectivity index is 2.17. The van der Waals surface area contributed by atoms with Crippen molar-refractivity contribution in [1.82, 2.24) is 19.6 Å². The molecule has 0 spiro atoms. The van der Waals surface area contributed by atoms with Crippen LogP contribution in [0.3, 0.4) is 0 Å². The number of fused-ring (bicyclic) bond motifs is 1. The number of nitrogens with zero attached hydrogens (tertiary/aromatic N) is 6. The number of piperidine rings is 1. The van der Waals surface area contributed by atoms with Crippen LogP contribution in [0.4, 0.5) is 11.8 Å². The van der Waals surface area contributed by atoms with Gasteiger partial charge in [0.2, 0.25) is 11.6 Å². The smallest absolute Gasteiger partial charge is 0.233 e. The van der Waals surface area contributed by atoms with Gasteiger partial charge in [0.15, 0.2) is 5.82 Å². The third-order valence-corrected chi connectivity index (χ3v) is 3.93. The lowest BCUT2D eigenvalue weighted by Crippen LogP contribution is -2.42. The highest BCUT2D eigenvalue weighted by atomic mass is 15.4. The monoisotopic (exact) mass is 271 g/mol. The van der Waals surface area contributed by atoms with Gasteiger partial charge in [0.05, 0.1) is 6.20 Å². The van der Waals surface area contributed by atoms with E-state index in [0.29, 0.717) is 35.1 Å². The van der Waals surface area contributed by atoms with Gasteiger partial charge >= 0.3 is 0 Å². The molecule has 104 valence electrons. The maximum atomic E-state index is 9.26. The summed E-state index contributed by atoms with van der Waals surface area (Å²) in [6.45, 7) is 5.31. The minimum absolute atomic E-state index is 0.292. The topological polar surface area (TPSA) is 96.1 Å². The van der Waals surface area contributed by atoms with Crippen LogP contribution in [0.25, 0.3) is 5.65 Å². The van der Waals surface area contributed by atoms with Crippen LogP contribution in [0.15, 0.2) is 6.20 Å². The van der Waals surface area contributed by atoms with Gasteiger partial charge in [0, 0.05) is 12.6 Å². The molecule has 7 nitrogen and oxygen atoms in total. The molecule has 7 heteroatoms. The van der Waals surface area contributed by atoms with Crippen molar-refractivity contribution in [2.24, 2.45) is 5.92 Å². The second kappa shape index (κ2) is 4.63. The summed E-state index contributed by atoms with van der Waals surface area (Å²) in [5.74, 6) is 1.58. The first kappa shape index (κ1) is 12.7. The Kier molecular flexibility index (Phi) is 2.93. The molecule has 2 aromatic rings. The predicted octanol–water partition coefficient (Wildman–Crippen LogP) is 1.20. The van der Waals surface area contributed by atoms with Crippen molar-refractivity contribution < 1.29 is 0 Å². The lowest BCUT2D eigenvalue weighted by Gasteiger charge is -2.36. The number of rotatable bonds is 1. The summed E-state index contributed by atoms with van der Waals surface area (Å²) >= 11 is 0. The largest absolute Gasteiger partial charge is 0.381 e. The molecule has 1 fully saturated rings. The van der Waals surface area contributed by atoms with Crippen LogP contribution in [0.5, 0.6) is 0 Å². The minimum Gasteiger partial charge on any atom is -0.381 e. The third-order valence-electron chi connectivity index (χ3n) is 3.93. The standard InChI is InChI=1S/C13H17N7/c1-8-3-4-9(2)19(7-8)13-18-17-12-11(15)16-6-10(5-14)20(12)13/h6,8-9H,3-4,7H2,1-2H3,(H2,15,16). The molecule has 2 aromatic heterocycles. The van der Waals surface area contributed by atoms with Gasteiger partial charge in [-0.1, -0.05) is 6.92 Å². The first-order chi connectivity index (χ1) is 9.61. The Morgan fingerprint density at radius 2 is 2.15 bits per heavy atom. The van der Waals surface area contributed by atoms with Crippen molar-refractivity contribution in [2.45, 2.75) is 32.7 Å². The van der Waals surface area contributed by atoms with Crippen LogP contribution in [-0.2, 0) is 0 Å². The van der Waals surface area contributed by atoms with Crippen LogP contribution in [0, 0.1) is 17.2 Å². The Labute approximate surface area is 117 Å². The lowest BCUT2D eigenvalue weighted by molar-refractivity contribution is 0.385. The number of nitrogens with two attached hydrogens (primary N) is 1. The van der Waals surface area contributed by atoms with Gasteiger partial charge in [0.25, 0.3) is 0 Å². The van der Waals surface area contributed by atoms with Crippen molar-refractivity contribution in [3.8, 4) is 6.07 Å². The summed E-state index contributed by atoms with van der Waals surface area (Å²) in [5.41, 5.74) is 6.67. The molecule has 3 heterocycles. The molecule has 0 amide bonds. The highest BCUT2D eigenvalue weighted by Crippen LogP contribution is 2.27. The number of hydrogen-bond donors (Lipinski definition) is 1. The zero-order chi connectivity index (χ0) is 14.3. The molecule has 0 aromatic carbocycles. The zero-order valence-corrected chi connectivity index (χ0v) is 11.6. The lowest BCUT2D eigenvalue weighted by atomic mass is 9.95. The maximum Gasteiger partial charge on any atom is 0.233 e. The minimum atomic E-state index is 0.292. The number of nitriles is 1. The van der Waals surface area contributed by atoms with Crippen LogP contribution < -0.4 is 10.6 Å². The average molecular weight is 271 g/mol. The Bertz CT molecular complexity index is 684. The normalized spacial score (nSPS) is 22.9. The molecule has 0 bridgehead atoms. The van der Waals surface area contributed by atoms with Gasteiger partial charge in [-0.05, 0) is 25.7 Å². The molecular weight excluding hydrogens is 254 g/mol. The van der Waals surface area contributed by atoms with Crippen LogP contribution in [0.1, 0.15) is 32.4 Å². The summed E-state index contributed by atoms with van der Waals surface area (Å²) < 4.78 is 1.71. The zero-order valence-electron chi connectivity index (χ0n) is 11.6. The van der Waals surface area contributed by atoms with E-state index in [1.165, 1.54) is 12.6 Å². The summed E-state index contributed by atoms with van der Waals surface area (Å²) in [6, 6.07) is 2.50. The molecule has 1 aliphatic heterocycles. The van der Waals surface area contributed by atoms with E-state index in [-0.39, 0.29) is 0 Å². The molecule has 2 N–H and O–H groups in total. The van der Waals surface area contributed by atoms with Gasteiger partial charge in [-0.3, -0.25) is 0 Å². The van der Waals surface area contributed by atoms with E-state index in [1.54, 1.807) is 4.40 Å². The summed E-state index contributed by atoms with van der Waals surface area (Å²) in [7, 11) is 0. The molecule has 20 heavy (non-hydrogen) atoms. The first-order valence-corrected chi connectivity index (χ1v) is 6.78. The maximum absolute atomic E-state index is 9.26. The van der Waals surface area contributed by atoms with E-state index in [0.717, 1.165) is 13.0 Å². The van der Waals surface area contributed by atoms with Gasteiger partial charge in [0.1, 0.15) is 11.8 Å². The van der Waals surface area contributed by atoms with E-state index in [1.807, 2.05) is 0 Å². The Hall–Kier alpha value is -2.36. The van der Waals surface area contributed by atoms with E-state index in [4.69, 9.17) is 5.73 Å². The molecular formula is C13H17N7. The van der Waals surface area contributed by atoms with Crippen molar-refractivity contribution >= 4 is 17.4 Å². The average Bonchev–Trinajstić information content (AvgIpc) is 2.88. The van der Waals surface area contributed by atoms with E-state index < -0.39 is 0 Å². The van der Waals surface area contributed by atoms with Gasteiger partial charge in [-0.15, -0.1) is 10.2 Å². The van der Waals surface area contributed by atoms with Crippen LogP contribution in [0.2, 0.25) is 0 Å². The number of hydrogen-bond acceptors (Lipinski definition) is 6. The second-order valence-electron chi connectivity index (χ2n) is 5.48. The molecule has 3 rings (SSSR count). The number of nitrogen functional groups attached to an aromatic ring is 1. The van der Waals surface area contributed by atoms with E-state index in [2.05, 4.69) is 40.0 Å². The first-order valence-electron chi connectivity index (χ1n) is 6.78. The van der Waals surface area contributed by atoms with Crippen molar-refractivity contribution in [3.05, 3.63) is 11.9 Å². The highest BCUT2D eigenvalue weighted by molar-refractivity contribution is 5.64. The SMILES string of the molecule is CC1CCC(C)N(c2nnc3c(N)ncc(C#N)n23)C1. The third kappa shape index (κ3) is 1.84. The highest BCUT2D eigenvalue weighted by Gasteiger charge is 2.27. The molecule has 0 aliphatic carbocycles. The predicted molar refractivity (Wildman–Crippen MR) is 75.1 cm³/mol. The van der Waals surface area contributed by atoms with Crippen LogP contribution >= 0.6 is 0 Å². The van der Waals surface area contributed by atoms with Crippen molar-refractivity contribution in [2.75, 3.05) is 17.2 Å². The van der Waals surface area contributed by atoms with Gasteiger partial charge in [-0.25, -0.2) is 9.38 Å². The van der Waals surface area contributed by atoms with Crippen LogP contribution in [-0.4, -0.2) is 32.2 Å². The number of anilines is 2.